The molecule has 4 aromatic carbocycles. The molecule has 210 valence electrons. The number of nitro groups is 3. The Morgan fingerprint density at radius 1 is 0.537 bits per heavy atom. The molecule has 0 saturated heterocycles. The molecule has 0 radical (unpaired) electrons. The molecule has 4 rings (SSSR count). The Kier molecular flexibility index (Phi) is 7.99. The molecule has 0 bridgehead atoms. The molecule has 0 amide bonds. The molecular formula is C28H23N3O10. The van der Waals surface area contributed by atoms with Crippen molar-refractivity contribution in [1.29, 1.82) is 0 Å². The molecule has 13 heteroatoms. The van der Waals surface area contributed by atoms with Crippen LogP contribution in [0, 0.1) is 30.3 Å². The van der Waals surface area contributed by atoms with Gasteiger partial charge in [0.05, 0.1) is 48.2 Å². The molecule has 0 aliphatic carbocycles. The summed E-state index contributed by atoms with van der Waals surface area (Å²) in [5.74, 6) is 0.728. The van der Waals surface area contributed by atoms with E-state index in [2.05, 4.69) is 0 Å². The van der Waals surface area contributed by atoms with Crippen LogP contribution in [0.5, 0.6) is 23.0 Å². The van der Waals surface area contributed by atoms with E-state index in [1.165, 1.54) is 21.3 Å². The van der Waals surface area contributed by atoms with Crippen LogP contribution in [0.15, 0.2) is 84.9 Å². The maximum atomic E-state index is 12.1. The Labute approximate surface area is 232 Å². The molecular weight excluding hydrogens is 538 g/mol. The lowest BCUT2D eigenvalue weighted by atomic mass is 9.79. The van der Waals surface area contributed by atoms with Gasteiger partial charge in [-0.15, -0.1) is 0 Å². The molecule has 13 nitrogen and oxygen atoms in total. The van der Waals surface area contributed by atoms with E-state index >= 15 is 0 Å². The van der Waals surface area contributed by atoms with Crippen LogP contribution in [0.2, 0.25) is 0 Å². The standard InChI is InChI=1S/C28H23N3O10/c1-38-22-10-4-18(5-11-22)28(19-6-12-23(39-2)13-7-19,20-8-14-24(40-3)15-9-20)41-27-25(30(34)35)16-21(29(32)33)17-26(27)31(36)37/h4-17H,1-3H3. The third kappa shape index (κ3) is 5.41. The number of hydrogen-bond donors (Lipinski definition) is 0. The molecule has 0 atom stereocenters. The van der Waals surface area contributed by atoms with Crippen molar-refractivity contribution in [1.82, 2.24) is 0 Å². The normalized spacial score (nSPS) is 10.9. The van der Waals surface area contributed by atoms with Crippen molar-refractivity contribution in [3.05, 3.63) is 132 Å². The number of hydrogen-bond acceptors (Lipinski definition) is 10. The van der Waals surface area contributed by atoms with Crippen molar-refractivity contribution in [2.45, 2.75) is 5.60 Å². The minimum absolute atomic E-state index is 0.413. The monoisotopic (exact) mass is 561 g/mol. The first-order valence-corrected chi connectivity index (χ1v) is 11.9. The highest BCUT2D eigenvalue weighted by atomic mass is 16.6. The SMILES string of the molecule is COc1ccc(C(Oc2c([N+](=O)[O-])cc([N+](=O)[O-])cc2[N+](=O)[O-])(c2ccc(OC)cc2)c2ccc(OC)cc2)cc1. The Hall–Kier alpha value is -5.72. The average molecular weight is 562 g/mol. The summed E-state index contributed by atoms with van der Waals surface area (Å²) in [6.07, 6.45) is 0. The van der Waals surface area contributed by atoms with E-state index in [0.717, 1.165) is 0 Å². The highest BCUT2D eigenvalue weighted by Gasteiger charge is 2.44. The maximum absolute atomic E-state index is 12.1. The van der Waals surface area contributed by atoms with Crippen LogP contribution in [0.25, 0.3) is 0 Å². The van der Waals surface area contributed by atoms with Crippen LogP contribution in [0.4, 0.5) is 17.1 Å². The highest BCUT2D eigenvalue weighted by molar-refractivity contribution is 5.67. The Morgan fingerprint density at radius 2 is 0.854 bits per heavy atom. The molecule has 0 aliphatic heterocycles. The summed E-state index contributed by atoms with van der Waals surface area (Å²) in [6.45, 7) is 0. The molecule has 0 aromatic heterocycles. The van der Waals surface area contributed by atoms with Crippen molar-refractivity contribution in [2.75, 3.05) is 21.3 Å². The van der Waals surface area contributed by atoms with Gasteiger partial charge in [-0.25, -0.2) is 0 Å². The number of rotatable bonds is 11. The highest BCUT2D eigenvalue weighted by Crippen LogP contribution is 2.49. The van der Waals surface area contributed by atoms with Crippen molar-refractivity contribution in [3.63, 3.8) is 0 Å². The lowest BCUT2D eigenvalue weighted by Gasteiger charge is -2.36. The minimum Gasteiger partial charge on any atom is -0.497 e. The summed E-state index contributed by atoms with van der Waals surface area (Å²) in [4.78, 5) is 32.9. The Morgan fingerprint density at radius 3 is 1.10 bits per heavy atom. The third-order valence-corrected chi connectivity index (χ3v) is 6.38. The van der Waals surface area contributed by atoms with E-state index in [1.54, 1.807) is 72.8 Å². The predicted octanol–water partition coefficient (Wildman–Crippen LogP) is 5.81. The fraction of sp³-hybridized carbons (Fsp3) is 0.143. The van der Waals surface area contributed by atoms with Gasteiger partial charge in [-0.2, -0.15) is 0 Å². The van der Waals surface area contributed by atoms with Gasteiger partial charge >= 0.3 is 11.4 Å². The zero-order valence-electron chi connectivity index (χ0n) is 22.0. The molecule has 0 saturated carbocycles. The van der Waals surface area contributed by atoms with Crippen LogP contribution in [0.1, 0.15) is 16.7 Å². The van der Waals surface area contributed by atoms with Gasteiger partial charge in [0.25, 0.3) is 11.4 Å². The summed E-state index contributed by atoms with van der Waals surface area (Å²) in [7, 11) is 4.44. The number of ether oxygens (including phenoxy) is 4. The molecule has 0 unspecified atom stereocenters. The van der Waals surface area contributed by atoms with E-state index < -0.39 is 43.2 Å². The minimum atomic E-state index is -1.75. The second kappa shape index (κ2) is 11.6. The predicted molar refractivity (Wildman–Crippen MR) is 146 cm³/mol. The van der Waals surface area contributed by atoms with E-state index in [0.29, 0.717) is 46.1 Å². The second-order valence-electron chi connectivity index (χ2n) is 8.55. The van der Waals surface area contributed by atoms with Crippen LogP contribution in [-0.4, -0.2) is 36.1 Å². The zero-order valence-corrected chi connectivity index (χ0v) is 22.0. The van der Waals surface area contributed by atoms with E-state index in [-0.39, 0.29) is 0 Å². The lowest BCUT2D eigenvalue weighted by molar-refractivity contribution is -0.404. The van der Waals surface area contributed by atoms with Gasteiger partial charge in [-0.3, -0.25) is 30.3 Å². The van der Waals surface area contributed by atoms with Gasteiger partial charge in [0.1, 0.15) is 17.2 Å². The number of nitrogens with zero attached hydrogens (tertiary/aromatic N) is 3. The second-order valence-corrected chi connectivity index (χ2v) is 8.55. The molecule has 0 heterocycles. The fourth-order valence-electron chi connectivity index (χ4n) is 4.37. The number of non-ortho nitro benzene ring substituents is 1. The zero-order chi connectivity index (χ0) is 29.7. The van der Waals surface area contributed by atoms with Gasteiger partial charge in [-0.1, -0.05) is 36.4 Å². The van der Waals surface area contributed by atoms with E-state index in [1.807, 2.05) is 0 Å². The Bertz CT molecular complexity index is 1440. The van der Waals surface area contributed by atoms with Crippen LogP contribution in [-0.2, 0) is 5.60 Å². The topological polar surface area (TPSA) is 166 Å². The van der Waals surface area contributed by atoms with Gasteiger partial charge < -0.3 is 18.9 Å². The van der Waals surface area contributed by atoms with Crippen molar-refractivity contribution < 1.29 is 33.7 Å². The summed E-state index contributed by atoms with van der Waals surface area (Å²) in [6, 6.07) is 21.0. The first-order chi connectivity index (χ1) is 19.6. The molecule has 0 spiro atoms. The van der Waals surface area contributed by atoms with E-state index in [9.17, 15) is 30.3 Å². The fourth-order valence-corrected chi connectivity index (χ4v) is 4.37. The summed E-state index contributed by atoms with van der Waals surface area (Å²) in [5.41, 5.74) is -3.26. The largest absolute Gasteiger partial charge is 0.497 e. The number of benzene rings is 4. The third-order valence-electron chi connectivity index (χ3n) is 6.38. The van der Waals surface area contributed by atoms with E-state index in [4.69, 9.17) is 18.9 Å². The lowest BCUT2D eigenvalue weighted by Crippen LogP contribution is -2.36. The van der Waals surface area contributed by atoms with Gasteiger partial charge in [0.15, 0.2) is 5.60 Å². The molecule has 0 aliphatic rings. The number of methoxy groups -OCH3 is 3. The summed E-state index contributed by atoms with van der Waals surface area (Å²) < 4.78 is 22.3. The van der Waals surface area contributed by atoms with Gasteiger partial charge in [0.2, 0.25) is 0 Å². The Balaban J connectivity index is 2.13. The maximum Gasteiger partial charge on any atom is 0.325 e. The van der Waals surface area contributed by atoms with Gasteiger partial charge in [-0.05, 0) is 36.4 Å². The molecule has 41 heavy (non-hydrogen) atoms. The number of nitro benzene ring substituents is 3. The first kappa shape index (κ1) is 28.3. The molecule has 0 N–H and O–H groups in total. The summed E-state index contributed by atoms with van der Waals surface area (Å²) in [5, 5.41) is 35.8. The first-order valence-electron chi connectivity index (χ1n) is 11.9. The van der Waals surface area contributed by atoms with Crippen LogP contribution >= 0.6 is 0 Å². The molecule has 0 fully saturated rings. The van der Waals surface area contributed by atoms with Crippen molar-refractivity contribution >= 4 is 17.1 Å². The van der Waals surface area contributed by atoms with Crippen LogP contribution in [0.3, 0.4) is 0 Å². The summed E-state index contributed by atoms with van der Waals surface area (Å²) >= 11 is 0. The van der Waals surface area contributed by atoms with Crippen molar-refractivity contribution in [2.24, 2.45) is 0 Å². The average Bonchev–Trinajstić information content (AvgIpc) is 2.99. The quantitative estimate of drug-likeness (QED) is 0.124. The molecule has 4 aromatic rings. The smallest absolute Gasteiger partial charge is 0.325 e. The van der Waals surface area contributed by atoms with Crippen LogP contribution < -0.4 is 18.9 Å². The van der Waals surface area contributed by atoms with Gasteiger partial charge in [0, 0.05) is 16.7 Å². The van der Waals surface area contributed by atoms with Crippen molar-refractivity contribution in [3.8, 4) is 23.0 Å².